The number of nitrogens with zero attached hydrogens (tertiary/aromatic N) is 1. The second-order valence-corrected chi connectivity index (χ2v) is 14.1. The summed E-state index contributed by atoms with van der Waals surface area (Å²) in [5.41, 5.74) is 2.37. The molecular weight excluding hydrogens is 496 g/mol. The fourth-order valence-electron chi connectivity index (χ4n) is 9.15. The van der Waals surface area contributed by atoms with Gasteiger partial charge in [-0.2, -0.15) is 13.6 Å². The zero-order chi connectivity index (χ0) is 27.0. The Morgan fingerprint density at radius 1 is 1.16 bits per heavy atom. The Bertz CT molecular complexity index is 1100. The number of unbranched alkanes of at least 4 members (excludes halogenated alkanes) is 4. The maximum absolute atomic E-state index is 11.5. The molecule has 5 rings (SSSR count). The van der Waals surface area contributed by atoms with Crippen molar-refractivity contribution in [2.75, 3.05) is 19.6 Å². The molecule has 1 saturated heterocycles. The number of benzene rings is 1. The molecule has 0 aromatic heterocycles. The van der Waals surface area contributed by atoms with Crippen LogP contribution in [0.3, 0.4) is 0 Å². The second-order valence-electron chi connectivity index (χ2n) is 13.0. The molecule has 2 saturated carbocycles. The molecule has 212 valence electrons. The zero-order valence-corrected chi connectivity index (χ0v) is 24.1. The Morgan fingerprint density at radius 2 is 1.89 bits per heavy atom. The summed E-state index contributed by atoms with van der Waals surface area (Å²) < 4.78 is 28.1. The van der Waals surface area contributed by atoms with Crippen molar-refractivity contribution in [2.24, 2.45) is 27.8 Å². The van der Waals surface area contributed by atoms with Crippen LogP contribution >= 0.6 is 0 Å². The molecule has 0 spiro atoms. The summed E-state index contributed by atoms with van der Waals surface area (Å²) in [5, 5.41) is 16.3. The van der Waals surface area contributed by atoms with E-state index < -0.39 is 10.3 Å². The van der Waals surface area contributed by atoms with Crippen LogP contribution in [0.15, 0.2) is 30.9 Å². The number of likely N-dealkylation sites (tertiary alicyclic amines) is 1. The van der Waals surface area contributed by atoms with E-state index in [0.29, 0.717) is 23.5 Å². The molecule has 3 N–H and O–H groups in total. The Labute approximate surface area is 230 Å². The summed E-state index contributed by atoms with van der Waals surface area (Å²) >= 11 is 0. The Hall–Kier alpha value is -1.41. The maximum atomic E-state index is 11.5. The smallest absolute Gasteiger partial charge is 0.380 e. The lowest BCUT2D eigenvalue weighted by Gasteiger charge is -2.60. The predicted octanol–water partition coefficient (Wildman–Crippen LogP) is 5.70. The number of nitrogens with two attached hydrogens (primary N) is 1. The molecule has 3 unspecified atom stereocenters. The number of allylic oxidation sites excluding steroid dienone is 1. The summed E-state index contributed by atoms with van der Waals surface area (Å²) in [6, 6.07) is 5.72. The molecule has 6 atom stereocenters. The minimum Gasteiger partial charge on any atom is -0.393 e. The molecule has 7 heteroatoms. The van der Waals surface area contributed by atoms with Crippen LogP contribution in [-0.2, 0) is 16.7 Å². The molecular formula is C31H48N2O4S. The quantitative estimate of drug-likeness (QED) is 0.275. The molecule has 38 heavy (non-hydrogen) atoms. The van der Waals surface area contributed by atoms with Crippen molar-refractivity contribution in [3.63, 3.8) is 0 Å². The standard InChI is InChI=1S/C31H48N2O4S/c1-3-31-17-16-23-21-25(37-38(32,35)36)12-13-26(23)29(31)24(22-30(2)27(31)14-15-28(30)34)11-7-5-4-6-8-18-33-19-9-10-20-33/h3,12-13,21,24,27-29,34H,1,4-11,14-20,22H2,2H3,(H2,32,35,36)/t24-,27?,28-,29?,30-,31?/m0/s1. The van der Waals surface area contributed by atoms with Gasteiger partial charge in [0.05, 0.1) is 6.10 Å². The van der Waals surface area contributed by atoms with Crippen LogP contribution in [0.25, 0.3) is 0 Å². The average molecular weight is 545 g/mol. The number of aryl methyl sites for hydroxylation is 1. The molecule has 6 nitrogen and oxygen atoms in total. The van der Waals surface area contributed by atoms with Gasteiger partial charge in [-0.25, -0.2) is 0 Å². The van der Waals surface area contributed by atoms with E-state index in [0.717, 1.165) is 38.5 Å². The predicted molar refractivity (Wildman–Crippen MR) is 152 cm³/mol. The fourth-order valence-corrected chi connectivity index (χ4v) is 9.52. The minimum absolute atomic E-state index is 0.0415. The van der Waals surface area contributed by atoms with E-state index in [-0.39, 0.29) is 16.9 Å². The van der Waals surface area contributed by atoms with Gasteiger partial charge >= 0.3 is 10.3 Å². The molecule has 0 bridgehead atoms. The van der Waals surface area contributed by atoms with Gasteiger partial charge < -0.3 is 14.2 Å². The van der Waals surface area contributed by atoms with E-state index in [1.54, 1.807) is 6.07 Å². The number of rotatable bonds is 11. The molecule has 3 aliphatic carbocycles. The molecule has 3 fully saturated rings. The topological polar surface area (TPSA) is 92.9 Å². The maximum Gasteiger partial charge on any atom is 0.380 e. The van der Waals surface area contributed by atoms with E-state index in [9.17, 15) is 13.5 Å². The molecule has 0 amide bonds. The average Bonchev–Trinajstić information content (AvgIpc) is 3.49. The highest BCUT2D eigenvalue weighted by Crippen LogP contribution is 2.69. The van der Waals surface area contributed by atoms with E-state index >= 15 is 0 Å². The van der Waals surface area contributed by atoms with E-state index in [1.165, 1.54) is 75.7 Å². The van der Waals surface area contributed by atoms with Crippen molar-refractivity contribution in [1.82, 2.24) is 4.90 Å². The van der Waals surface area contributed by atoms with E-state index in [1.807, 2.05) is 6.07 Å². The molecule has 1 heterocycles. The number of aliphatic hydroxyl groups is 1. The Kier molecular flexibility index (Phi) is 8.31. The van der Waals surface area contributed by atoms with Crippen LogP contribution < -0.4 is 9.32 Å². The first-order valence-electron chi connectivity index (χ1n) is 15.1. The monoisotopic (exact) mass is 544 g/mol. The first-order chi connectivity index (χ1) is 18.2. The lowest BCUT2D eigenvalue weighted by molar-refractivity contribution is -0.0812. The molecule has 1 aromatic rings. The van der Waals surface area contributed by atoms with Crippen LogP contribution in [0.1, 0.15) is 101 Å². The summed E-state index contributed by atoms with van der Waals surface area (Å²) in [6.45, 7) is 10.6. The van der Waals surface area contributed by atoms with E-state index in [4.69, 9.17) is 9.32 Å². The third kappa shape index (κ3) is 5.45. The first-order valence-corrected chi connectivity index (χ1v) is 16.5. The molecule has 4 aliphatic rings. The van der Waals surface area contributed by atoms with Crippen molar-refractivity contribution in [3.05, 3.63) is 42.0 Å². The Balaban J connectivity index is 1.32. The van der Waals surface area contributed by atoms with Gasteiger partial charge in [-0.15, -0.1) is 6.58 Å². The van der Waals surface area contributed by atoms with Crippen molar-refractivity contribution in [2.45, 2.75) is 102 Å². The second kappa shape index (κ2) is 11.2. The largest absolute Gasteiger partial charge is 0.393 e. The van der Waals surface area contributed by atoms with Gasteiger partial charge in [0, 0.05) is 0 Å². The van der Waals surface area contributed by atoms with Gasteiger partial charge in [0.2, 0.25) is 0 Å². The lowest BCUT2D eigenvalue weighted by Crippen LogP contribution is -2.54. The Morgan fingerprint density at radius 3 is 2.63 bits per heavy atom. The van der Waals surface area contributed by atoms with E-state index in [2.05, 4.69) is 30.5 Å². The minimum atomic E-state index is -4.05. The summed E-state index contributed by atoms with van der Waals surface area (Å²) in [5.74, 6) is 1.52. The normalized spacial score (nSPS) is 34.9. The highest BCUT2D eigenvalue weighted by molar-refractivity contribution is 7.84. The number of aliphatic hydroxyl groups excluding tert-OH is 1. The first kappa shape index (κ1) is 28.1. The zero-order valence-electron chi connectivity index (χ0n) is 23.2. The van der Waals surface area contributed by atoms with Gasteiger partial charge in [-0.05, 0) is 129 Å². The van der Waals surface area contributed by atoms with Crippen molar-refractivity contribution >= 4 is 10.3 Å². The van der Waals surface area contributed by atoms with Gasteiger partial charge in [0.1, 0.15) is 5.75 Å². The molecule has 0 radical (unpaired) electrons. The SMILES string of the molecule is C=CC12CCc3cc(OS(N)(=O)=O)ccc3C1[C@@H](CCCCCCCN1CCCC1)C[C@@]1(C)C2CC[C@@H]1O. The third-order valence-corrected chi connectivity index (χ3v) is 11.2. The highest BCUT2D eigenvalue weighted by Gasteiger charge is 2.63. The van der Waals surface area contributed by atoms with Gasteiger partial charge in [0.25, 0.3) is 0 Å². The summed E-state index contributed by atoms with van der Waals surface area (Å²) in [4.78, 5) is 2.61. The van der Waals surface area contributed by atoms with Gasteiger partial charge in [-0.1, -0.05) is 44.7 Å². The number of hydrogen-bond donors (Lipinski definition) is 2. The van der Waals surface area contributed by atoms with Crippen LogP contribution in [0.5, 0.6) is 5.75 Å². The van der Waals surface area contributed by atoms with Crippen molar-refractivity contribution < 1.29 is 17.7 Å². The molecule has 1 aromatic carbocycles. The highest BCUT2D eigenvalue weighted by atomic mass is 32.2. The molecule has 1 aliphatic heterocycles. The van der Waals surface area contributed by atoms with Crippen molar-refractivity contribution in [1.29, 1.82) is 0 Å². The van der Waals surface area contributed by atoms with Crippen molar-refractivity contribution in [3.8, 4) is 5.75 Å². The lowest BCUT2D eigenvalue weighted by atomic mass is 9.44. The third-order valence-electron chi connectivity index (χ3n) is 10.8. The fraction of sp³-hybridized carbons (Fsp3) is 0.742. The van der Waals surface area contributed by atoms with Crippen LogP contribution in [0.4, 0.5) is 0 Å². The summed E-state index contributed by atoms with van der Waals surface area (Å²) in [7, 11) is -4.05. The van der Waals surface area contributed by atoms with Gasteiger partial charge in [0.15, 0.2) is 0 Å². The number of fused-ring (bicyclic) bond motifs is 5. The van der Waals surface area contributed by atoms with Crippen LogP contribution in [0.2, 0.25) is 0 Å². The van der Waals surface area contributed by atoms with Crippen LogP contribution in [0, 0.1) is 22.7 Å². The van der Waals surface area contributed by atoms with Gasteiger partial charge in [-0.3, -0.25) is 0 Å². The summed E-state index contributed by atoms with van der Waals surface area (Å²) in [6.07, 6.45) is 17.1. The number of hydrogen-bond acceptors (Lipinski definition) is 5. The van der Waals surface area contributed by atoms with Crippen LogP contribution in [-0.4, -0.2) is 44.2 Å².